The van der Waals surface area contributed by atoms with Gasteiger partial charge in [0.15, 0.2) is 0 Å². The molecule has 3 aromatic carbocycles. The number of thiol groups is 1. The molecule has 0 aliphatic heterocycles. The van der Waals surface area contributed by atoms with Crippen LogP contribution in [0.3, 0.4) is 0 Å². The van der Waals surface area contributed by atoms with E-state index < -0.39 is 22.9 Å². The van der Waals surface area contributed by atoms with E-state index in [1.165, 1.54) is 23.3 Å². The van der Waals surface area contributed by atoms with Crippen LogP contribution in [0.4, 0.5) is 21.9 Å². The summed E-state index contributed by atoms with van der Waals surface area (Å²) in [5.41, 5.74) is 3.45. The van der Waals surface area contributed by atoms with Gasteiger partial charge in [-0.3, -0.25) is 19.2 Å². The van der Waals surface area contributed by atoms with Crippen LogP contribution in [0.25, 0.3) is 0 Å². The molecule has 0 radical (unpaired) electrons. The number of non-ortho nitro benzene ring substituents is 1. The minimum absolute atomic E-state index is 0.0331. The third-order valence-corrected chi connectivity index (χ3v) is 6.33. The third-order valence-electron chi connectivity index (χ3n) is 5.58. The number of urea groups is 1. The summed E-state index contributed by atoms with van der Waals surface area (Å²) in [5.74, 6) is -0.459. The number of nitrogens with zero attached hydrogens (tertiary/aromatic N) is 2. The van der Waals surface area contributed by atoms with Crippen molar-refractivity contribution >= 4 is 53.4 Å². The van der Waals surface area contributed by atoms with Gasteiger partial charge in [-0.15, -0.1) is 0 Å². The normalized spacial score (nSPS) is 13.0. The molecule has 10 heteroatoms. The summed E-state index contributed by atoms with van der Waals surface area (Å²) in [6, 6.07) is 16.3. The number of nitro groups is 1. The Balaban J connectivity index is 1.58. The van der Waals surface area contributed by atoms with E-state index in [2.05, 4.69) is 23.4 Å². The van der Waals surface area contributed by atoms with Crippen LogP contribution in [0, 0.1) is 10.1 Å². The van der Waals surface area contributed by atoms with E-state index in [-0.39, 0.29) is 16.4 Å². The highest BCUT2D eigenvalue weighted by Gasteiger charge is 2.30. The average molecular weight is 497 g/mol. The zero-order valence-electron chi connectivity index (χ0n) is 17.9. The van der Waals surface area contributed by atoms with Crippen molar-refractivity contribution < 1.29 is 14.5 Å². The van der Waals surface area contributed by atoms with Crippen LogP contribution < -0.4 is 10.6 Å². The lowest BCUT2D eigenvalue weighted by Gasteiger charge is -2.26. The number of nitro benzene ring substituents is 1. The van der Waals surface area contributed by atoms with Crippen LogP contribution in [0.2, 0.25) is 5.02 Å². The summed E-state index contributed by atoms with van der Waals surface area (Å²) < 4.78 is 0.938. The van der Waals surface area contributed by atoms with Gasteiger partial charge in [0.1, 0.15) is 6.04 Å². The van der Waals surface area contributed by atoms with Crippen LogP contribution in [0.15, 0.2) is 66.7 Å². The summed E-state index contributed by atoms with van der Waals surface area (Å²) in [6.45, 7) is 0. The molecule has 0 heterocycles. The van der Waals surface area contributed by atoms with Gasteiger partial charge >= 0.3 is 6.03 Å². The van der Waals surface area contributed by atoms with E-state index in [4.69, 9.17) is 11.6 Å². The number of hydrogen-bond donors (Lipinski definition) is 3. The predicted octanol–water partition coefficient (Wildman–Crippen LogP) is 5.80. The van der Waals surface area contributed by atoms with Crippen LogP contribution in [0.1, 0.15) is 29.2 Å². The van der Waals surface area contributed by atoms with Gasteiger partial charge in [0.2, 0.25) is 0 Å². The Morgan fingerprint density at radius 3 is 2.47 bits per heavy atom. The number of aryl methyl sites for hydroxylation is 2. The van der Waals surface area contributed by atoms with Crippen molar-refractivity contribution in [2.24, 2.45) is 0 Å². The lowest BCUT2D eigenvalue weighted by atomic mass is 10.1. The molecule has 174 valence electrons. The van der Waals surface area contributed by atoms with Crippen molar-refractivity contribution in [3.63, 3.8) is 0 Å². The van der Waals surface area contributed by atoms with Crippen molar-refractivity contribution in [2.45, 2.75) is 25.3 Å². The fraction of sp³-hybridized carbons (Fsp3) is 0.167. The molecule has 3 amide bonds. The molecule has 0 bridgehead atoms. The van der Waals surface area contributed by atoms with Gasteiger partial charge < -0.3 is 10.6 Å². The van der Waals surface area contributed by atoms with Crippen molar-refractivity contribution in [1.82, 2.24) is 4.31 Å². The first-order valence-corrected chi connectivity index (χ1v) is 11.3. The van der Waals surface area contributed by atoms with Crippen LogP contribution in [-0.2, 0) is 17.6 Å². The predicted molar refractivity (Wildman–Crippen MR) is 134 cm³/mol. The van der Waals surface area contributed by atoms with E-state index in [1.54, 1.807) is 30.3 Å². The first kappa shape index (κ1) is 23.6. The van der Waals surface area contributed by atoms with Gasteiger partial charge in [0.25, 0.3) is 11.6 Å². The Labute approximate surface area is 206 Å². The SMILES string of the molecule is O=C(Nc1ccc2c(c1)CCC2)C(c1ccccc1)N(S)C(=O)Nc1cc([N+](=O)[O-])ccc1Cl. The molecule has 1 atom stereocenters. The van der Waals surface area contributed by atoms with Gasteiger partial charge in [0.05, 0.1) is 15.6 Å². The highest BCUT2D eigenvalue weighted by Crippen LogP contribution is 2.30. The first-order chi connectivity index (χ1) is 16.3. The van der Waals surface area contributed by atoms with Crippen molar-refractivity contribution in [1.29, 1.82) is 0 Å². The highest BCUT2D eigenvalue weighted by molar-refractivity contribution is 7.78. The molecule has 1 aliphatic carbocycles. The maximum Gasteiger partial charge on any atom is 0.332 e. The monoisotopic (exact) mass is 496 g/mol. The number of hydrogen-bond acceptors (Lipinski definition) is 5. The van der Waals surface area contributed by atoms with Crippen molar-refractivity contribution in [3.8, 4) is 0 Å². The Kier molecular flexibility index (Phi) is 7.04. The number of nitrogens with one attached hydrogen (secondary N) is 2. The quantitative estimate of drug-likeness (QED) is 0.228. The van der Waals surface area contributed by atoms with E-state index in [1.807, 2.05) is 18.2 Å². The standard InChI is InChI=1S/C24H21ClN4O4S/c25-20-12-11-19(29(32)33)14-21(20)27-24(31)28(34)22(16-5-2-1-3-6-16)23(30)26-18-10-9-15-7-4-8-17(15)13-18/h1-3,5-6,9-14,22,34H,4,7-8H2,(H,26,30)(H,27,31). The summed E-state index contributed by atoms with van der Waals surface area (Å²) in [5, 5.41) is 16.6. The lowest BCUT2D eigenvalue weighted by Crippen LogP contribution is -2.38. The molecule has 0 spiro atoms. The summed E-state index contributed by atoms with van der Waals surface area (Å²) in [6.07, 6.45) is 3.08. The number of amides is 3. The second-order valence-electron chi connectivity index (χ2n) is 7.84. The van der Waals surface area contributed by atoms with Crippen molar-refractivity contribution in [2.75, 3.05) is 10.6 Å². The molecule has 0 saturated carbocycles. The Morgan fingerprint density at radius 2 is 1.74 bits per heavy atom. The molecule has 0 fully saturated rings. The molecular weight excluding hydrogens is 476 g/mol. The smallest absolute Gasteiger partial charge is 0.324 e. The maximum atomic E-state index is 13.3. The average Bonchev–Trinajstić information content (AvgIpc) is 3.29. The molecule has 0 aromatic heterocycles. The van der Waals surface area contributed by atoms with E-state index in [0.717, 1.165) is 29.6 Å². The number of benzene rings is 3. The van der Waals surface area contributed by atoms with Gasteiger partial charge in [-0.2, -0.15) is 0 Å². The fourth-order valence-corrected chi connectivity index (χ4v) is 4.36. The van der Waals surface area contributed by atoms with Gasteiger partial charge in [-0.25, -0.2) is 4.79 Å². The Morgan fingerprint density at radius 1 is 1.00 bits per heavy atom. The maximum absolute atomic E-state index is 13.3. The number of rotatable bonds is 6. The summed E-state index contributed by atoms with van der Waals surface area (Å²) >= 11 is 10.4. The number of anilines is 2. The molecule has 1 unspecified atom stereocenters. The molecular formula is C24H21ClN4O4S. The fourth-order valence-electron chi connectivity index (χ4n) is 3.91. The zero-order valence-corrected chi connectivity index (χ0v) is 19.6. The minimum Gasteiger partial charge on any atom is -0.324 e. The largest absolute Gasteiger partial charge is 0.332 e. The zero-order chi connectivity index (χ0) is 24.2. The van der Waals surface area contributed by atoms with Crippen molar-refractivity contribution in [3.05, 3.63) is 98.6 Å². The Bertz CT molecular complexity index is 1250. The summed E-state index contributed by atoms with van der Waals surface area (Å²) in [4.78, 5) is 36.8. The topological polar surface area (TPSA) is 105 Å². The molecule has 3 aromatic rings. The molecule has 0 saturated heterocycles. The number of carbonyl (C=O) groups is 2. The second kappa shape index (κ2) is 10.1. The van der Waals surface area contributed by atoms with Gasteiger partial charge in [-0.05, 0) is 54.2 Å². The number of fused-ring (bicyclic) bond motifs is 1. The summed E-state index contributed by atoms with van der Waals surface area (Å²) in [7, 11) is 0. The first-order valence-electron chi connectivity index (χ1n) is 10.5. The minimum atomic E-state index is -1.09. The van der Waals surface area contributed by atoms with Gasteiger partial charge in [-0.1, -0.05) is 60.8 Å². The number of halogens is 1. The van der Waals surface area contributed by atoms with Crippen LogP contribution in [-0.4, -0.2) is 21.2 Å². The molecule has 1 aliphatic rings. The van der Waals surface area contributed by atoms with E-state index >= 15 is 0 Å². The van der Waals surface area contributed by atoms with E-state index in [9.17, 15) is 19.7 Å². The van der Waals surface area contributed by atoms with E-state index in [0.29, 0.717) is 11.3 Å². The molecule has 4 rings (SSSR count). The Hall–Kier alpha value is -3.56. The highest BCUT2D eigenvalue weighted by atomic mass is 35.5. The lowest BCUT2D eigenvalue weighted by molar-refractivity contribution is -0.384. The van der Waals surface area contributed by atoms with Crippen LogP contribution in [0.5, 0.6) is 0 Å². The molecule has 34 heavy (non-hydrogen) atoms. The third kappa shape index (κ3) is 5.16. The van der Waals surface area contributed by atoms with Gasteiger partial charge in [0, 0.05) is 17.8 Å². The second-order valence-corrected chi connectivity index (χ2v) is 8.67. The molecule has 8 nitrogen and oxygen atoms in total. The van der Waals surface area contributed by atoms with Crippen LogP contribution >= 0.6 is 24.4 Å². The number of carbonyl (C=O) groups excluding carboxylic acids is 2. The molecule has 2 N–H and O–H groups in total.